The molecule has 1 heterocycles. The van der Waals surface area contributed by atoms with Crippen molar-refractivity contribution in [2.75, 3.05) is 27.2 Å². The molecule has 0 bridgehead atoms. The Labute approximate surface area is 162 Å². The molecular formula is C20H34N4OS. The quantitative estimate of drug-likeness (QED) is 0.566. The summed E-state index contributed by atoms with van der Waals surface area (Å²) in [4.78, 5) is 22.0. The minimum absolute atomic E-state index is 0.219. The second-order valence-corrected chi connectivity index (χ2v) is 9.02. The number of nitrogens with zero attached hydrogens (tertiary/aromatic N) is 2. The van der Waals surface area contributed by atoms with Gasteiger partial charge in [0.25, 0.3) is 0 Å². The highest BCUT2D eigenvalue weighted by molar-refractivity contribution is 7.11. The Morgan fingerprint density at radius 3 is 2.58 bits per heavy atom. The summed E-state index contributed by atoms with van der Waals surface area (Å²) in [5, 5.41) is 6.84. The Morgan fingerprint density at radius 2 is 2.04 bits per heavy atom. The number of carbonyl (C=O) groups is 1. The molecule has 1 aromatic rings. The molecule has 1 fully saturated rings. The summed E-state index contributed by atoms with van der Waals surface area (Å²) < 4.78 is 0. The first-order chi connectivity index (χ1) is 12.4. The fraction of sp³-hybridized carbons (Fsp3) is 0.700. The SMILES string of the molecule is CCNC(=NCC1(C(=O)N(C)C)CCCC1)NC(C)Cc1ccc(C)s1. The maximum Gasteiger partial charge on any atom is 0.230 e. The van der Waals surface area contributed by atoms with Gasteiger partial charge < -0.3 is 15.5 Å². The summed E-state index contributed by atoms with van der Waals surface area (Å²) in [5.41, 5.74) is -0.319. The van der Waals surface area contributed by atoms with Gasteiger partial charge in [-0.2, -0.15) is 0 Å². The Morgan fingerprint density at radius 1 is 1.35 bits per heavy atom. The third kappa shape index (κ3) is 5.47. The van der Waals surface area contributed by atoms with Gasteiger partial charge in [0.1, 0.15) is 0 Å². The Hall–Kier alpha value is -1.56. The van der Waals surface area contributed by atoms with Gasteiger partial charge in [0.05, 0.1) is 12.0 Å². The third-order valence-corrected chi connectivity index (χ3v) is 6.01. The number of hydrogen-bond acceptors (Lipinski definition) is 3. The van der Waals surface area contributed by atoms with E-state index in [4.69, 9.17) is 4.99 Å². The zero-order valence-corrected chi connectivity index (χ0v) is 17.7. The average Bonchev–Trinajstić information content (AvgIpc) is 3.22. The van der Waals surface area contributed by atoms with Crippen molar-refractivity contribution in [3.8, 4) is 0 Å². The van der Waals surface area contributed by atoms with Crippen LogP contribution in [0.1, 0.15) is 49.3 Å². The number of amides is 1. The monoisotopic (exact) mass is 378 g/mol. The minimum Gasteiger partial charge on any atom is -0.357 e. The van der Waals surface area contributed by atoms with Gasteiger partial charge in [-0.15, -0.1) is 11.3 Å². The van der Waals surface area contributed by atoms with Crippen molar-refractivity contribution in [1.29, 1.82) is 0 Å². The average molecular weight is 379 g/mol. The fourth-order valence-electron chi connectivity index (χ4n) is 3.70. The molecule has 2 N–H and O–H groups in total. The summed E-state index contributed by atoms with van der Waals surface area (Å²) in [6, 6.07) is 4.66. The molecule has 2 rings (SSSR count). The lowest BCUT2D eigenvalue weighted by atomic mass is 9.85. The van der Waals surface area contributed by atoms with E-state index in [-0.39, 0.29) is 17.4 Å². The van der Waals surface area contributed by atoms with E-state index < -0.39 is 0 Å². The summed E-state index contributed by atoms with van der Waals surface area (Å²) >= 11 is 1.85. The molecule has 0 spiro atoms. The van der Waals surface area contributed by atoms with Crippen LogP contribution in [0, 0.1) is 12.3 Å². The lowest BCUT2D eigenvalue weighted by Gasteiger charge is -2.29. The topological polar surface area (TPSA) is 56.7 Å². The maximum absolute atomic E-state index is 12.7. The Bertz CT molecular complexity index is 617. The van der Waals surface area contributed by atoms with Crippen LogP contribution >= 0.6 is 11.3 Å². The number of rotatable bonds is 7. The fourth-order valence-corrected chi connectivity index (χ4v) is 4.72. The van der Waals surface area contributed by atoms with E-state index in [0.29, 0.717) is 6.54 Å². The van der Waals surface area contributed by atoms with Crippen molar-refractivity contribution in [3.63, 3.8) is 0 Å². The molecule has 1 aromatic heterocycles. The molecule has 6 heteroatoms. The molecule has 1 unspecified atom stereocenters. The first-order valence-electron chi connectivity index (χ1n) is 9.68. The van der Waals surface area contributed by atoms with Gasteiger partial charge in [0.2, 0.25) is 5.91 Å². The van der Waals surface area contributed by atoms with E-state index in [1.807, 2.05) is 25.4 Å². The first-order valence-corrected chi connectivity index (χ1v) is 10.5. The van der Waals surface area contributed by atoms with Crippen molar-refractivity contribution in [3.05, 3.63) is 21.9 Å². The van der Waals surface area contributed by atoms with E-state index in [1.165, 1.54) is 9.75 Å². The van der Waals surface area contributed by atoms with Gasteiger partial charge in [-0.25, -0.2) is 0 Å². The highest BCUT2D eigenvalue weighted by Crippen LogP contribution is 2.39. The van der Waals surface area contributed by atoms with Crippen molar-refractivity contribution < 1.29 is 4.79 Å². The van der Waals surface area contributed by atoms with Crippen molar-refractivity contribution in [2.24, 2.45) is 10.4 Å². The van der Waals surface area contributed by atoms with Crippen LogP contribution in [0.3, 0.4) is 0 Å². The zero-order valence-electron chi connectivity index (χ0n) is 16.9. The number of guanidine groups is 1. The normalized spacial score (nSPS) is 17.8. The number of aliphatic imine (C=N–C) groups is 1. The second-order valence-electron chi connectivity index (χ2n) is 7.64. The predicted octanol–water partition coefficient (Wildman–Crippen LogP) is 3.19. The van der Waals surface area contributed by atoms with Gasteiger partial charge in [-0.3, -0.25) is 9.79 Å². The van der Waals surface area contributed by atoms with E-state index in [0.717, 1.165) is 44.6 Å². The lowest BCUT2D eigenvalue weighted by Crippen LogP contribution is -2.45. The number of thiophene rings is 1. The molecule has 1 saturated carbocycles. The molecule has 0 radical (unpaired) electrons. The standard InChI is InChI=1S/C20H34N4OS/c1-6-21-19(23-15(2)13-17-10-9-16(3)26-17)22-14-20(11-7-8-12-20)18(25)24(4)5/h9-10,15H,6-8,11-14H2,1-5H3,(H2,21,22,23). The lowest BCUT2D eigenvalue weighted by molar-refractivity contribution is -0.138. The highest BCUT2D eigenvalue weighted by Gasteiger charge is 2.42. The van der Waals surface area contributed by atoms with Crippen LogP contribution in [0.15, 0.2) is 17.1 Å². The molecule has 26 heavy (non-hydrogen) atoms. The zero-order chi connectivity index (χ0) is 19.2. The molecule has 5 nitrogen and oxygen atoms in total. The van der Waals surface area contributed by atoms with E-state index in [1.54, 1.807) is 4.90 Å². The molecule has 146 valence electrons. The molecule has 0 aliphatic heterocycles. The van der Waals surface area contributed by atoms with Gasteiger partial charge in [0, 0.05) is 42.9 Å². The van der Waals surface area contributed by atoms with Crippen LogP contribution in [0.25, 0.3) is 0 Å². The third-order valence-electron chi connectivity index (χ3n) is 4.99. The largest absolute Gasteiger partial charge is 0.357 e. The number of carbonyl (C=O) groups excluding carboxylic acids is 1. The van der Waals surface area contributed by atoms with Crippen LogP contribution in [0.2, 0.25) is 0 Å². The van der Waals surface area contributed by atoms with Gasteiger partial charge in [0.15, 0.2) is 5.96 Å². The van der Waals surface area contributed by atoms with Crippen LogP contribution in [-0.2, 0) is 11.2 Å². The van der Waals surface area contributed by atoms with Crippen LogP contribution < -0.4 is 10.6 Å². The molecule has 1 aliphatic rings. The predicted molar refractivity (Wildman–Crippen MR) is 111 cm³/mol. The van der Waals surface area contributed by atoms with Crippen LogP contribution in [0.4, 0.5) is 0 Å². The first kappa shape index (κ1) is 20.7. The molecule has 1 amide bonds. The van der Waals surface area contributed by atoms with Crippen molar-refractivity contribution in [2.45, 2.75) is 58.9 Å². The number of nitrogens with one attached hydrogen (secondary N) is 2. The molecular weight excluding hydrogens is 344 g/mol. The maximum atomic E-state index is 12.7. The Kier molecular flexibility index (Phi) is 7.50. The summed E-state index contributed by atoms with van der Waals surface area (Å²) in [7, 11) is 3.70. The molecule has 0 saturated heterocycles. The van der Waals surface area contributed by atoms with Crippen LogP contribution in [-0.4, -0.2) is 50.0 Å². The highest BCUT2D eigenvalue weighted by atomic mass is 32.1. The summed E-state index contributed by atoms with van der Waals surface area (Å²) in [6.45, 7) is 7.76. The van der Waals surface area contributed by atoms with Crippen molar-refractivity contribution in [1.82, 2.24) is 15.5 Å². The smallest absolute Gasteiger partial charge is 0.230 e. The number of aryl methyl sites for hydroxylation is 1. The van der Waals surface area contributed by atoms with Gasteiger partial charge >= 0.3 is 0 Å². The van der Waals surface area contributed by atoms with Crippen molar-refractivity contribution >= 4 is 23.2 Å². The van der Waals surface area contributed by atoms with Gasteiger partial charge in [-0.1, -0.05) is 12.8 Å². The van der Waals surface area contributed by atoms with Gasteiger partial charge in [-0.05, 0) is 45.7 Å². The molecule has 1 aliphatic carbocycles. The van der Waals surface area contributed by atoms with Crippen LogP contribution in [0.5, 0.6) is 0 Å². The summed E-state index contributed by atoms with van der Waals surface area (Å²) in [6.07, 6.45) is 5.10. The minimum atomic E-state index is -0.319. The molecule has 0 aromatic carbocycles. The Balaban J connectivity index is 2.03. The molecule has 1 atom stereocenters. The second kappa shape index (κ2) is 9.40. The number of hydrogen-bond donors (Lipinski definition) is 2. The van der Waals surface area contributed by atoms with E-state index in [2.05, 4.69) is 43.5 Å². The summed E-state index contributed by atoms with van der Waals surface area (Å²) in [5.74, 6) is 1.03. The van der Waals surface area contributed by atoms with E-state index in [9.17, 15) is 4.79 Å². The van der Waals surface area contributed by atoms with E-state index >= 15 is 0 Å².